The maximum atomic E-state index is 5.84. The van der Waals surface area contributed by atoms with E-state index in [9.17, 15) is 0 Å². The molecule has 21 heavy (non-hydrogen) atoms. The number of para-hydroxylation sites is 1. The van der Waals surface area contributed by atoms with E-state index in [1.807, 2.05) is 6.07 Å². The number of nitrogens with zero attached hydrogens (tertiary/aromatic N) is 3. The zero-order valence-electron chi connectivity index (χ0n) is 12.2. The molecule has 0 amide bonds. The molecule has 1 aliphatic heterocycles. The van der Waals surface area contributed by atoms with Gasteiger partial charge in [-0.2, -0.15) is 0 Å². The highest BCUT2D eigenvalue weighted by Gasteiger charge is 2.25. The minimum absolute atomic E-state index is 0.234. The molecule has 0 radical (unpaired) electrons. The van der Waals surface area contributed by atoms with E-state index in [0.717, 1.165) is 43.2 Å². The van der Waals surface area contributed by atoms with Crippen molar-refractivity contribution < 1.29 is 0 Å². The number of nitrogens with two attached hydrogens (primary N) is 1. The van der Waals surface area contributed by atoms with Crippen molar-refractivity contribution in [3.63, 3.8) is 0 Å². The second kappa shape index (κ2) is 6.25. The fourth-order valence-electron chi connectivity index (χ4n) is 2.86. The van der Waals surface area contributed by atoms with Crippen molar-refractivity contribution in [1.82, 2.24) is 9.88 Å². The van der Waals surface area contributed by atoms with Crippen LogP contribution in [0.4, 0.5) is 5.13 Å². The summed E-state index contributed by atoms with van der Waals surface area (Å²) in [5.74, 6) is 0. The SMILES string of the molecule is CCC(C(N)=S)N1CCN(c2nc3ccccc3s2)CC1. The van der Waals surface area contributed by atoms with Gasteiger partial charge in [-0.25, -0.2) is 4.98 Å². The van der Waals surface area contributed by atoms with Gasteiger partial charge in [0.15, 0.2) is 5.13 Å². The molecule has 0 spiro atoms. The predicted molar refractivity (Wildman–Crippen MR) is 94.3 cm³/mol. The molecule has 2 aromatic rings. The number of rotatable bonds is 4. The Balaban J connectivity index is 1.69. The molecular formula is C15H20N4S2. The van der Waals surface area contributed by atoms with Crippen LogP contribution in [-0.2, 0) is 0 Å². The summed E-state index contributed by atoms with van der Waals surface area (Å²) in [5.41, 5.74) is 6.93. The Morgan fingerprint density at radius 3 is 2.67 bits per heavy atom. The number of benzene rings is 1. The van der Waals surface area contributed by atoms with Crippen LogP contribution >= 0.6 is 23.6 Å². The lowest BCUT2D eigenvalue weighted by molar-refractivity contribution is 0.224. The minimum atomic E-state index is 0.234. The Morgan fingerprint density at radius 2 is 2.05 bits per heavy atom. The summed E-state index contributed by atoms with van der Waals surface area (Å²) >= 11 is 6.95. The second-order valence-electron chi connectivity index (χ2n) is 5.31. The van der Waals surface area contributed by atoms with E-state index in [1.54, 1.807) is 11.3 Å². The van der Waals surface area contributed by atoms with Crippen molar-refractivity contribution in [3.8, 4) is 0 Å². The third kappa shape index (κ3) is 3.02. The first-order valence-corrected chi connectivity index (χ1v) is 8.55. The van der Waals surface area contributed by atoms with Gasteiger partial charge in [-0.15, -0.1) is 0 Å². The van der Waals surface area contributed by atoms with Crippen LogP contribution in [0.2, 0.25) is 0 Å². The molecule has 0 aliphatic carbocycles. The number of aromatic nitrogens is 1. The first-order chi connectivity index (χ1) is 10.2. The molecule has 1 saturated heterocycles. The summed E-state index contributed by atoms with van der Waals surface area (Å²) in [6.07, 6.45) is 0.983. The van der Waals surface area contributed by atoms with E-state index in [4.69, 9.17) is 22.9 Å². The monoisotopic (exact) mass is 320 g/mol. The molecule has 1 atom stereocenters. The lowest BCUT2D eigenvalue weighted by Crippen LogP contribution is -2.53. The van der Waals surface area contributed by atoms with Crippen molar-refractivity contribution in [3.05, 3.63) is 24.3 Å². The van der Waals surface area contributed by atoms with Gasteiger partial charge in [0.1, 0.15) is 0 Å². The summed E-state index contributed by atoms with van der Waals surface area (Å²) in [6, 6.07) is 8.55. The fraction of sp³-hybridized carbons (Fsp3) is 0.467. The molecule has 2 heterocycles. The quantitative estimate of drug-likeness (QED) is 0.877. The number of hydrogen-bond donors (Lipinski definition) is 1. The van der Waals surface area contributed by atoms with Gasteiger partial charge in [0.05, 0.1) is 21.2 Å². The van der Waals surface area contributed by atoms with E-state index in [0.29, 0.717) is 4.99 Å². The van der Waals surface area contributed by atoms with Gasteiger partial charge in [0.2, 0.25) is 0 Å². The number of piperazine rings is 1. The van der Waals surface area contributed by atoms with E-state index in [2.05, 4.69) is 34.9 Å². The van der Waals surface area contributed by atoms with Gasteiger partial charge < -0.3 is 10.6 Å². The van der Waals surface area contributed by atoms with Gasteiger partial charge in [-0.1, -0.05) is 42.6 Å². The van der Waals surface area contributed by atoms with E-state index in [-0.39, 0.29) is 6.04 Å². The minimum Gasteiger partial charge on any atom is -0.392 e. The number of hydrogen-bond acceptors (Lipinski definition) is 5. The Labute approximate surface area is 134 Å². The zero-order valence-corrected chi connectivity index (χ0v) is 13.8. The molecule has 0 bridgehead atoms. The molecule has 1 fully saturated rings. The molecule has 1 unspecified atom stereocenters. The Kier molecular flexibility index (Phi) is 4.37. The topological polar surface area (TPSA) is 45.4 Å². The Morgan fingerprint density at radius 1 is 1.33 bits per heavy atom. The number of fused-ring (bicyclic) bond motifs is 1. The first kappa shape index (κ1) is 14.7. The van der Waals surface area contributed by atoms with Gasteiger partial charge in [0, 0.05) is 26.2 Å². The molecule has 1 aromatic carbocycles. The lowest BCUT2D eigenvalue weighted by atomic mass is 10.1. The number of anilines is 1. The van der Waals surface area contributed by atoms with E-state index in [1.165, 1.54) is 4.70 Å². The second-order valence-corrected chi connectivity index (χ2v) is 6.79. The Hall–Kier alpha value is -1.24. The van der Waals surface area contributed by atoms with Gasteiger partial charge in [0.25, 0.3) is 0 Å². The van der Waals surface area contributed by atoms with Crippen molar-refractivity contribution in [2.24, 2.45) is 5.73 Å². The highest BCUT2D eigenvalue weighted by Crippen LogP contribution is 2.29. The molecule has 1 aliphatic rings. The summed E-state index contributed by atoms with van der Waals surface area (Å²) < 4.78 is 1.25. The maximum Gasteiger partial charge on any atom is 0.186 e. The summed E-state index contributed by atoms with van der Waals surface area (Å²) in [7, 11) is 0. The van der Waals surface area contributed by atoms with Crippen LogP contribution in [0.3, 0.4) is 0 Å². The predicted octanol–water partition coefficient (Wildman–Crippen LogP) is 2.48. The molecule has 0 saturated carbocycles. The van der Waals surface area contributed by atoms with Crippen molar-refractivity contribution in [1.29, 1.82) is 0 Å². The van der Waals surface area contributed by atoms with Gasteiger partial charge >= 0.3 is 0 Å². The van der Waals surface area contributed by atoms with Crippen LogP contribution in [0.1, 0.15) is 13.3 Å². The average molecular weight is 320 g/mol. The average Bonchev–Trinajstić information content (AvgIpc) is 2.92. The van der Waals surface area contributed by atoms with Gasteiger partial charge in [-0.3, -0.25) is 4.90 Å². The third-order valence-corrected chi connectivity index (χ3v) is 5.39. The largest absolute Gasteiger partial charge is 0.392 e. The van der Waals surface area contributed by atoms with E-state index >= 15 is 0 Å². The van der Waals surface area contributed by atoms with Crippen molar-refractivity contribution >= 4 is 43.9 Å². The first-order valence-electron chi connectivity index (χ1n) is 7.33. The van der Waals surface area contributed by atoms with Crippen molar-refractivity contribution in [2.45, 2.75) is 19.4 Å². The standard InChI is InChI=1S/C15H20N4S2/c1-2-12(14(16)20)18-7-9-19(10-8-18)15-17-11-5-3-4-6-13(11)21-15/h3-6,12H,2,7-10H2,1H3,(H2,16,20). The summed E-state index contributed by atoms with van der Waals surface area (Å²) in [6.45, 7) is 6.10. The molecule has 2 N–H and O–H groups in total. The lowest BCUT2D eigenvalue weighted by Gasteiger charge is -2.38. The molecule has 112 valence electrons. The van der Waals surface area contributed by atoms with Crippen LogP contribution < -0.4 is 10.6 Å². The smallest absolute Gasteiger partial charge is 0.186 e. The molecule has 3 rings (SSSR count). The van der Waals surface area contributed by atoms with Crippen LogP contribution in [-0.4, -0.2) is 47.1 Å². The maximum absolute atomic E-state index is 5.84. The number of thiocarbonyl (C=S) groups is 1. The number of thiazole rings is 1. The highest BCUT2D eigenvalue weighted by atomic mass is 32.1. The molecule has 6 heteroatoms. The third-order valence-electron chi connectivity index (χ3n) is 4.02. The fourth-order valence-corrected chi connectivity index (χ4v) is 4.19. The highest BCUT2D eigenvalue weighted by molar-refractivity contribution is 7.80. The molecular weight excluding hydrogens is 300 g/mol. The van der Waals surface area contributed by atoms with Crippen LogP contribution in [0.25, 0.3) is 10.2 Å². The Bertz CT molecular complexity index is 598. The van der Waals surface area contributed by atoms with Gasteiger partial charge in [-0.05, 0) is 18.6 Å². The van der Waals surface area contributed by atoms with Crippen LogP contribution in [0.5, 0.6) is 0 Å². The summed E-state index contributed by atoms with van der Waals surface area (Å²) in [4.78, 5) is 10.1. The van der Waals surface area contributed by atoms with Crippen LogP contribution in [0, 0.1) is 0 Å². The van der Waals surface area contributed by atoms with E-state index < -0.39 is 0 Å². The normalized spacial score (nSPS) is 18.0. The summed E-state index contributed by atoms with van der Waals surface area (Å²) in [5, 5.41) is 1.12. The van der Waals surface area contributed by atoms with Crippen LogP contribution in [0.15, 0.2) is 24.3 Å². The zero-order chi connectivity index (χ0) is 14.8. The van der Waals surface area contributed by atoms with Crippen molar-refractivity contribution in [2.75, 3.05) is 31.1 Å². The molecule has 1 aromatic heterocycles. The molecule has 4 nitrogen and oxygen atoms in total.